The molecule has 0 bridgehead atoms. The first kappa shape index (κ1) is 9.26. The summed E-state index contributed by atoms with van der Waals surface area (Å²) in [5.74, 6) is 0.503. The highest BCUT2D eigenvalue weighted by atomic mass is 35.5. The number of alkyl halides is 1. The van der Waals surface area contributed by atoms with E-state index >= 15 is 0 Å². The van der Waals surface area contributed by atoms with E-state index in [4.69, 9.17) is 25.8 Å². The molecule has 1 heterocycles. The second-order valence-corrected chi connectivity index (χ2v) is 2.77. The third kappa shape index (κ3) is 2.95. The highest BCUT2D eigenvalue weighted by Crippen LogP contribution is 2.15. The summed E-state index contributed by atoms with van der Waals surface area (Å²) in [7, 11) is 1.66. The third-order valence-electron chi connectivity index (χ3n) is 1.54. The van der Waals surface area contributed by atoms with Crippen LogP contribution in [0, 0.1) is 0 Å². The molecule has 0 aromatic heterocycles. The molecular weight excluding hydrogens is 168 g/mol. The molecule has 0 saturated carbocycles. The molecule has 1 aliphatic rings. The van der Waals surface area contributed by atoms with Gasteiger partial charge in [0.1, 0.15) is 0 Å². The van der Waals surface area contributed by atoms with Gasteiger partial charge in [-0.2, -0.15) is 0 Å². The smallest absolute Gasteiger partial charge is 0.160 e. The van der Waals surface area contributed by atoms with E-state index in [-0.39, 0.29) is 12.4 Å². The second kappa shape index (κ2) is 4.93. The van der Waals surface area contributed by atoms with Crippen molar-refractivity contribution in [1.82, 2.24) is 0 Å². The van der Waals surface area contributed by atoms with E-state index in [2.05, 4.69) is 0 Å². The number of hydrogen-bond acceptors (Lipinski definition) is 3. The van der Waals surface area contributed by atoms with Gasteiger partial charge in [0.25, 0.3) is 0 Å². The minimum atomic E-state index is -0.112. The molecule has 1 saturated heterocycles. The second-order valence-electron chi connectivity index (χ2n) is 2.46. The normalized spacial score (nSPS) is 31.1. The van der Waals surface area contributed by atoms with Crippen molar-refractivity contribution < 1.29 is 14.2 Å². The third-order valence-corrected chi connectivity index (χ3v) is 1.89. The topological polar surface area (TPSA) is 27.7 Å². The van der Waals surface area contributed by atoms with Gasteiger partial charge in [-0.1, -0.05) is 0 Å². The van der Waals surface area contributed by atoms with Crippen LogP contribution in [0.25, 0.3) is 0 Å². The Morgan fingerprint density at radius 3 is 3.00 bits per heavy atom. The Hall–Kier alpha value is 0.170. The van der Waals surface area contributed by atoms with Crippen molar-refractivity contribution in [2.75, 3.05) is 26.2 Å². The first-order chi connectivity index (χ1) is 5.36. The quantitative estimate of drug-likeness (QED) is 0.605. The molecule has 0 radical (unpaired) electrons. The molecular formula is C7H13ClO3. The first-order valence-electron chi connectivity index (χ1n) is 3.68. The molecule has 3 nitrogen and oxygen atoms in total. The summed E-state index contributed by atoms with van der Waals surface area (Å²) in [5, 5.41) is 0. The largest absolute Gasteiger partial charge is 0.384 e. The lowest BCUT2D eigenvalue weighted by Crippen LogP contribution is -2.14. The maximum atomic E-state index is 5.57. The van der Waals surface area contributed by atoms with Crippen LogP contribution in [0.3, 0.4) is 0 Å². The zero-order valence-corrected chi connectivity index (χ0v) is 7.34. The average molecular weight is 181 g/mol. The van der Waals surface area contributed by atoms with Gasteiger partial charge in [-0.3, -0.25) is 0 Å². The van der Waals surface area contributed by atoms with Crippen molar-refractivity contribution in [3.05, 3.63) is 0 Å². The van der Waals surface area contributed by atoms with Crippen molar-refractivity contribution in [1.29, 1.82) is 0 Å². The van der Waals surface area contributed by atoms with Gasteiger partial charge < -0.3 is 14.2 Å². The van der Waals surface area contributed by atoms with Crippen LogP contribution in [-0.2, 0) is 14.2 Å². The maximum Gasteiger partial charge on any atom is 0.160 e. The summed E-state index contributed by atoms with van der Waals surface area (Å²) in [5.41, 5.74) is 0. The van der Waals surface area contributed by atoms with Crippen LogP contribution < -0.4 is 0 Å². The Balaban J connectivity index is 2.09. The minimum Gasteiger partial charge on any atom is -0.384 e. The summed E-state index contributed by atoms with van der Waals surface area (Å²) in [6.45, 7) is 1.28. The lowest BCUT2D eigenvalue weighted by atomic mass is 10.4. The summed E-state index contributed by atoms with van der Waals surface area (Å²) < 4.78 is 15.5. The number of ether oxygens (including phenoxy) is 3. The fourth-order valence-electron chi connectivity index (χ4n) is 0.954. The van der Waals surface area contributed by atoms with Crippen molar-refractivity contribution in [2.24, 2.45) is 0 Å². The molecule has 0 aromatic carbocycles. The monoisotopic (exact) mass is 180 g/mol. The Labute approximate surface area is 71.6 Å². The van der Waals surface area contributed by atoms with Gasteiger partial charge in [0.15, 0.2) is 6.29 Å². The highest BCUT2D eigenvalue weighted by Gasteiger charge is 2.24. The van der Waals surface area contributed by atoms with Crippen LogP contribution in [0.2, 0.25) is 0 Å². The molecule has 1 aliphatic heterocycles. The van der Waals surface area contributed by atoms with E-state index in [0.717, 1.165) is 6.42 Å². The van der Waals surface area contributed by atoms with Crippen LogP contribution in [0.15, 0.2) is 0 Å². The van der Waals surface area contributed by atoms with Gasteiger partial charge in [0.05, 0.1) is 25.2 Å². The number of halogens is 1. The molecule has 0 N–H and O–H groups in total. The van der Waals surface area contributed by atoms with Crippen LogP contribution in [0.5, 0.6) is 0 Å². The molecule has 0 aliphatic carbocycles. The van der Waals surface area contributed by atoms with Gasteiger partial charge in [-0.05, 0) is 0 Å². The molecule has 0 spiro atoms. The predicted molar refractivity (Wildman–Crippen MR) is 41.8 cm³/mol. The zero-order chi connectivity index (χ0) is 8.10. The van der Waals surface area contributed by atoms with Crippen LogP contribution >= 0.6 is 11.6 Å². The molecule has 11 heavy (non-hydrogen) atoms. The van der Waals surface area contributed by atoms with E-state index in [0.29, 0.717) is 19.1 Å². The molecule has 4 heteroatoms. The molecule has 1 rings (SSSR count). The summed E-state index contributed by atoms with van der Waals surface area (Å²) >= 11 is 5.57. The Morgan fingerprint density at radius 2 is 2.45 bits per heavy atom. The fourth-order valence-corrected chi connectivity index (χ4v) is 1.12. The van der Waals surface area contributed by atoms with Crippen molar-refractivity contribution in [2.45, 2.75) is 18.8 Å². The first-order valence-corrected chi connectivity index (χ1v) is 4.22. The van der Waals surface area contributed by atoms with Crippen molar-refractivity contribution >= 4 is 11.6 Å². The predicted octanol–water partition coefficient (Wildman–Crippen LogP) is 1.00. The van der Waals surface area contributed by atoms with Crippen LogP contribution in [0.4, 0.5) is 0 Å². The SMILES string of the molecule is COCC[C@@H]1OC[C@H](CCl)O1. The van der Waals surface area contributed by atoms with E-state index in [1.54, 1.807) is 7.11 Å². The number of hydrogen-bond donors (Lipinski definition) is 0. The molecule has 0 amide bonds. The summed E-state index contributed by atoms with van der Waals surface area (Å²) in [6.07, 6.45) is 0.737. The van der Waals surface area contributed by atoms with Gasteiger partial charge >= 0.3 is 0 Å². The zero-order valence-electron chi connectivity index (χ0n) is 6.59. The number of rotatable bonds is 4. The molecule has 1 fully saturated rings. The molecule has 0 aromatic rings. The Kier molecular flexibility index (Phi) is 4.15. The minimum absolute atomic E-state index is 0.0681. The average Bonchev–Trinajstić information content (AvgIpc) is 2.48. The summed E-state index contributed by atoms with van der Waals surface area (Å²) in [4.78, 5) is 0. The fraction of sp³-hybridized carbons (Fsp3) is 1.00. The van der Waals surface area contributed by atoms with E-state index in [1.807, 2.05) is 0 Å². The van der Waals surface area contributed by atoms with E-state index in [1.165, 1.54) is 0 Å². The van der Waals surface area contributed by atoms with Crippen molar-refractivity contribution in [3.63, 3.8) is 0 Å². The standard InChI is InChI=1S/C7H13ClO3/c1-9-3-2-7-10-5-6(4-8)11-7/h6-7H,2-5H2,1H3/t6-,7+/m0/s1. The van der Waals surface area contributed by atoms with Crippen LogP contribution in [0.1, 0.15) is 6.42 Å². The lowest BCUT2D eigenvalue weighted by Gasteiger charge is -2.08. The van der Waals surface area contributed by atoms with Gasteiger partial charge in [0, 0.05) is 13.5 Å². The molecule has 66 valence electrons. The molecule has 0 unspecified atom stereocenters. The summed E-state index contributed by atoms with van der Waals surface area (Å²) in [6, 6.07) is 0. The van der Waals surface area contributed by atoms with E-state index < -0.39 is 0 Å². The van der Waals surface area contributed by atoms with Crippen molar-refractivity contribution in [3.8, 4) is 0 Å². The van der Waals surface area contributed by atoms with Crippen LogP contribution in [-0.4, -0.2) is 38.6 Å². The Morgan fingerprint density at radius 1 is 1.64 bits per heavy atom. The van der Waals surface area contributed by atoms with E-state index in [9.17, 15) is 0 Å². The number of methoxy groups -OCH3 is 1. The Bertz CT molecular complexity index is 110. The van der Waals surface area contributed by atoms with Gasteiger partial charge in [0.2, 0.25) is 0 Å². The maximum absolute atomic E-state index is 5.57. The van der Waals surface area contributed by atoms with Gasteiger partial charge in [-0.15, -0.1) is 11.6 Å². The molecule has 2 atom stereocenters. The highest BCUT2D eigenvalue weighted by molar-refractivity contribution is 6.18. The lowest BCUT2D eigenvalue weighted by molar-refractivity contribution is -0.0691. The van der Waals surface area contributed by atoms with Gasteiger partial charge in [-0.25, -0.2) is 0 Å².